The number of carbonyl (C=O) groups excluding carboxylic acids is 2. The number of amides is 2. The summed E-state index contributed by atoms with van der Waals surface area (Å²) in [5.41, 5.74) is 1.02. The van der Waals surface area contributed by atoms with Crippen LogP contribution in [0.3, 0.4) is 0 Å². The summed E-state index contributed by atoms with van der Waals surface area (Å²) in [6.07, 6.45) is 4.17. The Kier molecular flexibility index (Phi) is 8.07. The maximum atomic E-state index is 14.5. The highest BCUT2D eigenvalue weighted by Gasteiger charge is 2.41. The molecule has 1 aromatic carbocycles. The van der Waals surface area contributed by atoms with E-state index in [1.54, 1.807) is 6.92 Å². The van der Waals surface area contributed by atoms with Gasteiger partial charge in [0, 0.05) is 0 Å². The molecule has 5 heteroatoms. The van der Waals surface area contributed by atoms with Gasteiger partial charge >= 0.3 is 6.09 Å². The minimum atomic E-state index is -1.23. The van der Waals surface area contributed by atoms with Crippen LogP contribution < -0.4 is 0 Å². The first-order chi connectivity index (χ1) is 12.5. The number of hydrogen-bond donors (Lipinski definition) is 0. The van der Waals surface area contributed by atoms with Gasteiger partial charge < -0.3 is 4.74 Å². The number of halogens is 1. The average molecular weight is 363 g/mol. The van der Waals surface area contributed by atoms with E-state index in [0.717, 1.165) is 42.6 Å². The number of carbonyl (C=O) groups is 2. The summed E-state index contributed by atoms with van der Waals surface area (Å²) in [7, 11) is 0. The highest BCUT2D eigenvalue weighted by Crippen LogP contribution is 2.24. The minimum absolute atomic E-state index is 0.167. The van der Waals surface area contributed by atoms with Crippen LogP contribution >= 0.6 is 0 Å². The Morgan fingerprint density at radius 2 is 1.92 bits per heavy atom. The van der Waals surface area contributed by atoms with Gasteiger partial charge in [-0.25, -0.2) is 14.1 Å². The molecule has 2 amide bonds. The highest BCUT2D eigenvalue weighted by molar-refractivity contribution is 5.94. The number of imide groups is 1. The number of nitrogens with zero attached hydrogens (tertiary/aromatic N) is 1. The standard InChI is InChI=1S/C21H30FNO3/c1-3-4-5-6-10-13-19(22)16(2)20(24)23-18(15-26-21(23)25)14-17-11-8-7-9-12-17/h7-9,11-12,16,18-19H,3-6,10,13-15H2,1-2H3/t16-,18?,19-/m1/s1. The molecule has 26 heavy (non-hydrogen) atoms. The third-order valence-corrected chi connectivity index (χ3v) is 5.03. The van der Waals surface area contributed by atoms with Crippen molar-refractivity contribution in [2.75, 3.05) is 6.61 Å². The third-order valence-electron chi connectivity index (χ3n) is 5.03. The topological polar surface area (TPSA) is 46.6 Å². The second-order valence-corrected chi connectivity index (χ2v) is 7.14. The van der Waals surface area contributed by atoms with Crippen LogP contribution in [-0.4, -0.2) is 35.7 Å². The molecule has 2 rings (SSSR count). The molecular formula is C21H30FNO3. The zero-order chi connectivity index (χ0) is 18.9. The fraction of sp³-hybridized carbons (Fsp3) is 0.619. The molecule has 1 aliphatic rings. The lowest BCUT2D eigenvalue weighted by Gasteiger charge is -2.24. The molecule has 144 valence electrons. The van der Waals surface area contributed by atoms with Crippen molar-refractivity contribution in [2.24, 2.45) is 5.92 Å². The summed E-state index contributed by atoms with van der Waals surface area (Å²) in [5.74, 6) is -1.29. The van der Waals surface area contributed by atoms with E-state index in [9.17, 15) is 14.0 Å². The van der Waals surface area contributed by atoms with E-state index in [1.165, 1.54) is 0 Å². The Morgan fingerprint density at radius 1 is 1.23 bits per heavy atom. The molecule has 0 aliphatic carbocycles. The molecule has 1 saturated heterocycles. The number of rotatable bonds is 10. The van der Waals surface area contributed by atoms with Crippen molar-refractivity contribution in [3.63, 3.8) is 0 Å². The highest BCUT2D eigenvalue weighted by atomic mass is 19.1. The van der Waals surface area contributed by atoms with Gasteiger partial charge in [-0.2, -0.15) is 0 Å². The molecule has 1 unspecified atom stereocenters. The van der Waals surface area contributed by atoms with Gasteiger partial charge in [-0.1, -0.05) is 76.3 Å². The lowest BCUT2D eigenvalue weighted by molar-refractivity contribution is -0.135. The summed E-state index contributed by atoms with van der Waals surface area (Å²) in [6, 6.07) is 9.28. The van der Waals surface area contributed by atoms with Crippen molar-refractivity contribution >= 4 is 12.0 Å². The first kappa shape index (κ1) is 20.4. The zero-order valence-corrected chi connectivity index (χ0v) is 15.8. The van der Waals surface area contributed by atoms with Crippen molar-refractivity contribution in [3.8, 4) is 0 Å². The molecule has 1 aromatic rings. The molecule has 3 atom stereocenters. The van der Waals surface area contributed by atoms with E-state index in [4.69, 9.17) is 4.74 Å². The van der Waals surface area contributed by atoms with Gasteiger partial charge in [0.05, 0.1) is 12.0 Å². The molecule has 1 aliphatic heterocycles. The Hall–Kier alpha value is -1.91. The second kappa shape index (κ2) is 10.3. The van der Waals surface area contributed by atoms with E-state index >= 15 is 0 Å². The van der Waals surface area contributed by atoms with Crippen LogP contribution in [0.4, 0.5) is 9.18 Å². The van der Waals surface area contributed by atoms with Gasteiger partial charge in [-0.15, -0.1) is 0 Å². The summed E-state index contributed by atoms with van der Waals surface area (Å²) in [6.45, 7) is 3.88. The van der Waals surface area contributed by atoms with Crippen molar-refractivity contribution in [1.82, 2.24) is 4.90 Å². The average Bonchev–Trinajstić information content (AvgIpc) is 3.01. The molecule has 1 heterocycles. The van der Waals surface area contributed by atoms with Gasteiger partial charge in [0.1, 0.15) is 12.8 Å². The Balaban J connectivity index is 1.91. The van der Waals surface area contributed by atoms with E-state index in [1.807, 2.05) is 30.3 Å². The Morgan fingerprint density at radius 3 is 2.62 bits per heavy atom. The lowest BCUT2D eigenvalue weighted by atomic mass is 9.97. The normalized spacial score (nSPS) is 19.3. The monoisotopic (exact) mass is 363 g/mol. The smallest absolute Gasteiger partial charge is 0.416 e. The number of alkyl halides is 1. The van der Waals surface area contributed by atoms with Gasteiger partial charge in [-0.05, 0) is 18.4 Å². The first-order valence-corrected chi connectivity index (χ1v) is 9.72. The number of hydrogen-bond acceptors (Lipinski definition) is 3. The molecule has 4 nitrogen and oxygen atoms in total. The van der Waals surface area contributed by atoms with Crippen LogP contribution in [0.2, 0.25) is 0 Å². The minimum Gasteiger partial charge on any atom is -0.447 e. The fourth-order valence-electron chi connectivity index (χ4n) is 3.33. The van der Waals surface area contributed by atoms with Crippen LogP contribution in [0.15, 0.2) is 30.3 Å². The maximum absolute atomic E-state index is 14.5. The number of benzene rings is 1. The SMILES string of the molecule is CCCCCCC[C@@H](F)[C@@H](C)C(=O)N1C(=O)OCC1Cc1ccccc1. The predicted molar refractivity (Wildman–Crippen MR) is 99.6 cm³/mol. The molecule has 0 aromatic heterocycles. The van der Waals surface area contributed by atoms with Crippen molar-refractivity contribution in [1.29, 1.82) is 0 Å². The van der Waals surface area contributed by atoms with E-state index in [0.29, 0.717) is 12.8 Å². The van der Waals surface area contributed by atoms with Crippen LogP contribution in [0, 0.1) is 5.92 Å². The van der Waals surface area contributed by atoms with Gasteiger partial charge in [0.15, 0.2) is 0 Å². The van der Waals surface area contributed by atoms with Gasteiger partial charge in [0.25, 0.3) is 0 Å². The summed E-state index contributed by atoms with van der Waals surface area (Å²) < 4.78 is 19.6. The van der Waals surface area contributed by atoms with Gasteiger partial charge in [0.2, 0.25) is 5.91 Å². The van der Waals surface area contributed by atoms with Crippen LogP contribution in [0.5, 0.6) is 0 Å². The largest absolute Gasteiger partial charge is 0.447 e. The fourth-order valence-corrected chi connectivity index (χ4v) is 3.33. The quantitative estimate of drug-likeness (QED) is 0.555. The molecule has 0 saturated carbocycles. The molecule has 1 fully saturated rings. The van der Waals surface area contributed by atoms with Crippen LogP contribution in [0.25, 0.3) is 0 Å². The third kappa shape index (κ3) is 5.55. The van der Waals surface area contributed by atoms with E-state index < -0.39 is 24.1 Å². The Bertz CT molecular complexity index is 578. The lowest BCUT2D eigenvalue weighted by Crippen LogP contribution is -2.45. The molecule has 0 N–H and O–H groups in total. The van der Waals surface area contributed by atoms with E-state index in [2.05, 4.69) is 6.92 Å². The van der Waals surface area contributed by atoms with Crippen LogP contribution in [0.1, 0.15) is 57.9 Å². The summed E-state index contributed by atoms with van der Waals surface area (Å²) >= 11 is 0. The number of unbranched alkanes of at least 4 members (excludes halogenated alkanes) is 4. The van der Waals surface area contributed by atoms with Gasteiger partial charge in [-0.3, -0.25) is 4.79 Å². The maximum Gasteiger partial charge on any atom is 0.416 e. The molecule has 0 bridgehead atoms. The van der Waals surface area contributed by atoms with Crippen molar-refractivity contribution in [3.05, 3.63) is 35.9 Å². The summed E-state index contributed by atoms with van der Waals surface area (Å²) in [5, 5.41) is 0. The van der Waals surface area contributed by atoms with Crippen molar-refractivity contribution < 1.29 is 18.7 Å². The predicted octanol–water partition coefficient (Wildman–Crippen LogP) is 4.91. The summed E-state index contributed by atoms with van der Waals surface area (Å²) in [4.78, 5) is 25.9. The second-order valence-electron chi connectivity index (χ2n) is 7.14. The number of ether oxygens (including phenoxy) is 1. The first-order valence-electron chi connectivity index (χ1n) is 9.72. The Labute approximate surface area is 155 Å². The number of cyclic esters (lactones) is 1. The van der Waals surface area contributed by atoms with Crippen LogP contribution in [-0.2, 0) is 16.0 Å². The zero-order valence-electron chi connectivity index (χ0n) is 15.8. The molecule has 0 spiro atoms. The molecular weight excluding hydrogens is 333 g/mol. The molecule has 0 radical (unpaired) electrons. The van der Waals surface area contributed by atoms with Crippen molar-refractivity contribution in [2.45, 2.75) is 71.0 Å². The van der Waals surface area contributed by atoms with E-state index in [-0.39, 0.29) is 12.6 Å².